The third-order valence-electron chi connectivity index (χ3n) is 3.84. The van der Waals surface area contributed by atoms with E-state index in [2.05, 4.69) is 12.2 Å². The van der Waals surface area contributed by atoms with E-state index >= 15 is 0 Å². The van der Waals surface area contributed by atoms with Gasteiger partial charge < -0.3 is 14.8 Å². The monoisotopic (exact) mass is 295 g/mol. The Labute approximate surface area is 116 Å². The molecule has 1 heterocycles. The molecular weight excluding hydrogens is 275 g/mol. The van der Waals surface area contributed by atoms with Crippen molar-refractivity contribution in [2.24, 2.45) is 5.92 Å². The lowest BCUT2D eigenvalue weighted by Gasteiger charge is -2.34. The van der Waals surface area contributed by atoms with Crippen molar-refractivity contribution in [2.75, 3.05) is 13.2 Å². The molecular formula is C13H20F3NO3. The molecule has 0 bridgehead atoms. The van der Waals surface area contributed by atoms with Crippen LogP contribution in [0.2, 0.25) is 0 Å². The number of halogens is 3. The SMILES string of the molecule is CC1CCC2(CC1)OCC(CNC(=O)CC(F)(F)F)O2. The van der Waals surface area contributed by atoms with E-state index in [-0.39, 0.29) is 12.6 Å². The van der Waals surface area contributed by atoms with Gasteiger partial charge in [0.15, 0.2) is 5.79 Å². The van der Waals surface area contributed by atoms with Gasteiger partial charge in [-0.2, -0.15) is 13.2 Å². The summed E-state index contributed by atoms with van der Waals surface area (Å²) in [6, 6.07) is 0. The Hall–Kier alpha value is -0.820. The second-order valence-electron chi connectivity index (χ2n) is 5.74. The lowest BCUT2D eigenvalue weighted by atomic mass is 9.86. The molecule has 4 nitrogen and oxygen atoms in total. The van der Waals surface area contributed by atoms with Crippen LogP contribution in [0.3, 0.4) is 0 Å². The molecule has 1 saturated carbocycles. The first kappa shape index (κ1) is 15.6. The minimum Gasteiger partial charge on any atom is -0.353 e. The number of nitrogens with one attached hydrogen (secondary N) is 1. The lowest BCUT2D eigenvalue weighted by molar-refractivity contribution is -0.191. The molecule has 1 N–H and O–H groups in total. The first-order chi connectivity index (χ1) is 9.28. The second-order valence-corrected chi connectivity index (χ2v) is 5.74. The van der Waals surface area contributed by atoms with Gasteiger partial charge in [-0.05, 0) is 18.8 Å². The number of carbonyl (C=O) groups is 1. The molecule has 0 aromatic rings. The topological polar surface area (TPSA) is 47.6 Å². The van der Waals surface area contributed by atoms with Gasteiger partial charge in [-0.3, -0.25) is 4.79 Å². The zero-order chi connectivity index (χ0) is 14.8. The van der Waals surface area contributed by atoms with Crippen molar-refractivity contribution in [1.29, 1.82) is 0 Å². The van der Waals surface area contributed by atoms with Gasteiger partial charge in [0.2, 0.25) is 5.91 Å². The highest BCUT2D eigenvalue weighted by atomic mass is 19.4. The molecule has 1 spiro atoms. The summed E-state index contributed by atoms with van der Waals surface area (Å²) in [4.78, 5) is 11.1. The fourth-order valence-corrected chi connectivity index (χ4v) is 2.65. The molecule has 20 heavy (non-hydrogen) atoms. The van der Waals surface area contributed by atoms with Crippen molar-refractivity contribution in [3.8, 4) is 0 Å². The van der Waals surface area contributed by atoms with Crippen molar-refractivity contribution in [2.45, 2.75) is 57.1 Å². The van der Waals surface area contributed by atoms with E-state index in [4.69, 9.17) is 9.47 Å². The quantitative estimate of drug-likeness (QED) is 0.869. The van der Waals surface area contributed by atoms with E-state index < -0.39 is 24.3 Å². The van der Waals surface area contributed by atoms with Crippen molar-refractivity contribution < 1.29 is 27.4 Å². The van der Waals surface area contributed by atoms with Gasteiger partial charge in [-0.1, -0.05) is 6.92 Å². The molecule has 2 fully saturated rings. The summed E-state index contributed by atoms with van der Waals surface area (Å²) >= 11 is 0. The molecule has 1 atom stereocenters. The molecule has 2 rings (SSSR count). The summed E-state index contributed by atoms with van der Waals surface area (Å²) in [6.07, 6.45) is -2.63. The molecule has 7 heteroatoms. The number of alkyl halides is 3. The fourth-order valence-electron chi connectivity index (χ4n) is 2.65. The highest BCUT2D eigenvalue weighted by Crippen LogP contribution is 2.39. The Morgan fingerprint density at radius 2 is 2.00 bits per heavy atom. The maximum absolute atomic E-state index is 12.0. The largest absolute Gasteiger partial charge is 0.397 e. The number of hydrogen-bond donors (Lipinski definition) is 1. The van der Waals surface area contributed by atoms with Crippen molar-refractivity contribution >= 4 is 5.91 Å². The van der Waals surface area contributed by atoms with E-state index in [1.807, 2.05) is 0 Å². The Bertz CT molecular complexity index is 351. The van der Waals surface area contributed by atoms with Crippen LogP contribution in [0.4, 0.5) is 13.2 Å². The van der Waals surface area contributed by atoms with Crippen molar-refractivity contribution in [3.05, 3.63) is 0 Å². The Kier molecular flexibility index (Phi) is 4.59. The highest BCUT2D eigenvalue weighted by Gasteiger charge is 2.43. The van der Waals surface area contributed by atoms with Crippen molar-refractivity contribution in [1.82, 2.24) is 5.32 Å². The molecule has 1 unspecified atom stereocenters. The second kappa shape index (κ2) is 5.89. The third kappa shape index (κ3) is 4.34. The summed E-state index contributed by atoms with van der Waals surface area (Å²) in [5, 5.41) is 2.25. The average Bonchev–Trinajstić information content (AvgIpc) is 2.73. The zero-order valence-corrected chi connectivity index (χ0v) is 11.5. The summed E-state index contributed by atoms with van der Waals surface area (Å²) in [5.74, 6) is -0.955. The molecule has 1 aliphatic heterocycles. The van der Waals surface area contributed by atoms with Gasteiger partial charge in [-0.25, -0.2) is 0 Å². The molecule has 0 aromatic heterocycles. The van der Waals surface area contributed by atoms with Crippen molar-refractivity contribution in [3.63, 3.8) is 0 Å². The Balaban J connectivity index is 1.72. The molecule has 1 saturated heterocycles. The maximum atomic E-state index is 12.0. The normalized spacial score (nSPS) is 34.4. The lowest BCUT2D eigenvalue weighted by Crippen LogP contribution is -2.39. The predicted molar refractivity (Wildman–Crippen MR) is 64.9 cm³/mol. The zero-order valence-electron chi connectivity index (χ0n) is 11.5. The number of ether oxygens (including phenoxy) is 2. The molecule has 1 amide bonds. The first-order valence-electron chi connectivity index (χ1n) is 6.93. The number of carbonyl (C=O) groups excluding carboxylic acids is 1. The third-order valence-corrected chi connectivity index (χ3v) is 3.84. The Morgan fingerprint density at radius 3 is 2.60 bits per heavy atom. The van der Waals surface area contributed by atoms with Crippen LogP contribution in [0, 0.1) is 5.92 Å². The number of rotatable bonds is 3. The maximum Gasteiger partial charge on any atom is 0.397 e. The number of amides is 1. The smallest absolute Gasteiger partial charge is 0.353 e. The van der Waals surface area contributed by atoms with E-state index in [0.29, 0.717) is 12.5 Å². The summed E-state index contributed by atoms with van der Waals surface area (Å²) in [5.41, 5.74) is 0. The minimum absolute atomic E-state index is 0.0617. The standard InChI is InChI=1S/C13H20F3NO3/c1-9-2-4-12(5-3-9)19-8-10(20-12)7-17-11(18)6-13(14,15)16/h9-10H,2-8H2,1H3,(H,17,18). The summed E-state index contributed by atoms with van der Waals surface area (Å²) in [7, 11) is 0. The van der Waals surface area contributed by atoms with E-state index in [1.54, 1.807) is 0 Å². The van der Waals surface area contributed by atoms with E-state index in [1.165, 1.54) is 0 Å². The summed E-state index contributed by atoms with van der Waals surface area (Å²) < 4.78 is 47.5. The van der Waals surface area contributed by atoms with Crippen LogP contribution in [-0.2, 0) is 14.3 Å². The molecule has 1 aliphatic carbocycles. The molecule has 0 radical (unpaired) electrons. The van der Waals surface area contributed by atoms with Gasteiger partial charge >= 0.3 is 6.18 Å². The van der Waals surface area contributed by atoms with E-state index in [9.17, 15) is 18.0 Å². The molecule has 2 aliphatic rings. The average molecular weight is 295 g/mol. The highest BCUT2D eigenvalue weighted by molar-refractivity contribution is 5.76. The predicted octanol–water partition coefficient (Wildman–Crippen LogP) is 2.38. The van der Waals surface area contributed by atoms with Crippen LogP contribution < -0.4 is 5.32 Å². The fraction of sp³-hybridized carbons (Fsp3) is 0.923. The van der Waals surface area contributed by atoms with Crippen LogP contribution in [0.5, 0.6) is 0 Å². The van der Waals surface area contributed by atoms with Crippen LogP contribution >= 0.6 is 0 Å². The van der Waals surface area contributed by atoms with Gasteiger partial charge in [0.25, 0.3) is 0 Å². The number of hydrogen-bond acceptors (Lipinski definition) is 3. The van der Waals surface area contributed by atoms with Crippen LogP contribution in [0.1, 0.15) is 39.0 Å². The van der Waals surface area contributed by atoms with Gasteiger partial charge in [0.05, 0.1) is 6.61 Å². The first-order valence-corrected chi connectivity index (χ1v) is 6.93. The van der Waals surface area contributed by atoms with E-state index in [0.717, 1.165) is 25.7 Å². The van der Waals surface area contributed by atoms with Crippen LogP contribution in [-0.4, -0.2) is 37.1 Å². The molecule has 0 aromatic carbocycles. The molecule has 116 valence electrons. The van der Waals surface area contributed by atoms with Gasteiger partial charge in [0.1, 0.15) is 12.5 Å². The summed E-state index contributed by atoms with van der Waals surface area (Å²) in [6.45, 7) is 2.56. The minimum atomic E-state index is -4.47. The van der Waals surface area contributed by atoms with Crippen LogP contribution in [0.15, 0.2) is 0 Å². The van der Waals surface area contributed by atoms with Crippen LogP contribution in [0.25, 0.3) is 0 Å². The van der Waals surface area contributed by atoms with Gasteiger partial charge in [-0.15, -0.1) is 0 Å². The Morgan fingerprint density at radius 1 is 1.35 bits per heavy atom. The van der Waals surface area contributed by atoms with Gasteiger partial charge in [0, 0.05) is 19.4 Å².